The Labute approximate surface area is 140 Å². The third kappa shape index (κ3) is 4.63. The third-order valence-electron chi connectivity index (χ3n) is 2.93. The lowest BCUT2D eigenvalue weighted by molar-refractivity contribution is -0.114. The van der Waals surface area contributed by atoms with E-state index in [-0.39, 0.29) is 17.4 Å². The van der Waals surface area contributed by atoms with Crippen LogP contribution < -0.4 is 10.6 Å². The molecule has 122 valence electrons. The predicted octanol–water partition coefficient (Wildman–Crippen LogP) is 3.61. The maximum absolute atomic E-state index is 12.3. The topological polar surface area (TPSA) is 71.1 Å². The Bertz CT molecular complexity index is 745. The van der Waals surface area contributed by atoms with Crippen LogP contribution in [0, 0.1) is 6.92 Å². The van der Waals surface area contributed by atoms with Crippen molar-refractivity contribution in [2.75, 3.05) is 5.32 Å². The summed E-state index contributed by atoms with van der Waals surface area (Å²) < 4.78 is 0. The van der Waals surface area contributed by atoms with Crippen molar-refractivity contribution >= 4 is 28.8 Å². The van der Waals surface area contributed by atoms with Crippen molar-refractivity contribution in [2.24, 2.45) is 0 Å². The van der Waals surface area contributed by atoms with Gasteiger partial charge in [0.1, 0.15) is 10.7 Å². The zero-order valence-corrected chi connectivity index (χ0v) is 14.8. The highest BCUT2D eigenvalue weighted by atomic mass is 32.1. The lowest BCUT2D eigenvalue weighted by Gasteiger charge is -2.19. The van der Waals surface area contributed by atoms with Crippen molar-refractivity contribution < 1.29 is 9.59 Å². The maximum atomic E-state index is 12.3. The summed E-state index contributed by atoms with van der Waals surface area (Å²) in [6.07, 6.45) is 0. The SMILES string of the molecule is CC(=O)Nc1cccc(-c2nc(C(=O)NC(C)(C)C)c(C)s2)c1. The zero-order chi connectivity index (χ0) is 17.2. The predicted molar refractivity (Wildman–Crippen MR) is 93.8 cm³/mol. The molecule has 0 saturated heterocycles. The molecule has 0 radical (unpaired) electrons. The molecule has 0 saturated carbocycles. The fraction of sp³-hybridized carbons (Fsp3) is 0.353. The van der Waals surface area contributed by atoms with E-state index in [0.717, 1.165) is 15.4 Å². The minimum absolute atomic E-state index is 0.122. The van der Waals surface area contributed by atoms with Gasteiger partial charge in [-0.25, -0.2) is 4.98 Å². The highest BCUT2D eigenvalue weighted by Gasteiger charge is 2.20. The van der Waals surface area contributed by atoms with Gasteiger partial charge in [0.2, 0.25) is 5.91 Å². The first kappa shape index (κ1) is 17.1. The summed E-state index contributed by atoms with van der Waals surface area (Å²) in [5, 5.41) is 6.43. The van der Waals surface area contributed by atoms with E-state index >= 15 is 0 Å². The van der Waals surface area contributed by atoms with E-state index in [2.05, 4.69) is 15.6 Å². The molecular weight excluding hydrogens is 310 g/mol. The number of nitrogens with zero attached hydrogens (tertiary/aromatic N) is 1. The molecule has 0 unspecified atom stereocenters. The largest absolute Gasteiger partial charge is 0.346 e. The molecule has 0 bridgehead atoms. The van der Waals surface area contributed by atoms with Crippen LogP contribution in [0.5, 0.6) is 0 Å². The smallest absolute Gasteiger partial charge is 0.271 e. The average molecular weight is 331 g/mol. The highest BCUT2D eigenvalue weighted by Crippen LogP contribution is 2.29. The van der Waals surface area contributed by atoms with Crippen molar-refractivity contribution in [3.8, 4) is 10.6 Å². The summed E-state index contributed by atoms with van der Waals surface area (Å²) in [5.74, 6) is -0.293. The molecule has 2 amide bonds. The van der Waals surface area contributed by atoms with Crippen LogP contribution in [0.15, 0.2) is 24.3 Å². The van der Waals surface area contributed by atoms with Crippen molar-refractivity contribution in [3.63, 3.8) is 0 Å². The van der Waals surface area contributed by atoms with Crippen LogP contribution in [-0.4, -0.2) is 22.3 Å². The summed E-state index contributed by atoms with van der Waals surface area (Å²) in [5.41, 5.74) is 1.73. The lowest BCUT2D eigenvalue weighted by Crippen LogP contribution is -2.40. The fourth-order valence-electron chi connectivity index (χ4n) is 2.06. The number of aromatic nitrogens is 1. The Balaban J connectivity index is 2.30. The first-order valence-corrected chi connectivity index (χ1v) is 8.15. The molecule has 0 atom stereocenters. The molecule has 0 fully saturated rings. The number of benzene rings is 1. The van der Waals surface area contributed by atoms with Crippen molar-refractivity contribution in [2.45, 2.75) is 40.2 Å². The van der Waals surface area contributed by atoms with Crippen LogP contribution in [0.4, 0.5) is 5.69 Å². The first-order chi connectivity index (χ1) is 10.7. The van der Waals surface area contributed by atoms with Crippen LogP contribution in [-0.2, 0) is 4.79 Å². The summed E-state index contributed by atoms with van der Waals surface area (Å²) >= 11 is 1.46. The molecule has 2 aromatic rings. The van der Waals surface area contributed by atoms with Gasteiger partial charge in [0.05, 0.1) is 0 Å². The molecule has 1 heterocycles. The van der Waals surface area contributed by atoms with E-state index in [1.807, 2.05) is 52.0 Å². The average Bonchev–Trinajstić information content (AvgIpc) is 2.78. The zero-order valence-electron chi connectivity index (χ0n) is 14.0. The number of hydrogen-bond donors (Lipinski definition) is 2. The van der Waals surface area contributed by atoms with Crippen LogP contribution >= 0.6 is 11.3 Å². The van der Waals surface area contributed by atoms with Crippen molar-refractivity contribution in [1.82, 2.24) is 10.3 Å². The van der Waals surface area contributed by atoms with Gasteiger partial charge in [-0.05, 0) is 39.8 Å². The van der Waals surface area contributed by atoms with Gasteiger partial charge in [-0.15, -0.1) is 11.3 Å². The molecular formula is C17H21N3O2S. The number of anilines is 1. The van der Waals surface area contributed by atoms with Crippen LogP contribution in [0.2, 0.25) is 0 Å². The molecule has 6 heteroatoms. The Morgan fingerprint density at radius 1 is 1.22 bits per heavy atom. The highest BCUT2D eigenvalue weighted by molar-refractivity contribution is 7.15. The second-order valence-corrected chi connectivity index (χ2v) is 7.59. The number of rotatable bonds is 3. The van der Waals surface area contributed by atoms with E-state index in [4.69, 9.17) is 0 Å². The summed E-state index contributed by atoms with van der Waals surface area (Å²) in [6.45, 7) is 9.16. The van der Waals surface area contributed by atoms with E-state index in [0.29, 0.717) is 11.4 Å². The number of thiazole rings is 1. The van der Waals surface area contributed by atoms with Gasteiger partial charge < -0.3 is 10.6 Å². The molecule has 2 N–H and O–H groups in total. The molecule has 23 heavy (non-hydrogen) atoms. The van der Waals surface area contributed by atoms with Crippen LogP contribution in [0.25, 0.3) is 10.6 Å². The first-order valence-electron chi connectivity index (χ1n) is 7.34. The van der Waals surface area contributed by atoms with E-state index in [9.17, 15) is 9.59 Å². The minimum Gasteiger partial charge on any atom is -0.346 e. The quantitative estimate of drug-likeness (QED) is 0.902. The van der Waals surface area contributed by atoms with Crippen LogP contribution in [0.3, 0.4) is 0 Å². The number of aryl methyl sites for hydroxylation is 1. The van der Waals surface area contributed by atoms with Crippen molar-refractivity contribution in [3.05, 3.63) is 34.8 Å². The fourth-order valence-corrected chi connectivity index (χ4v) is 2.97. The second kappa shape index (κ2) is 6.50. The normalized spacial score (nSPS) is 11.2. The Morgan fingerprint density at radius 3 is 2.52 bits per heavy atom. The maximum Gasteiger partial charge on any atom is 0.271 e. The van der Waals surface area contributed by atoms with Gasteiger partial charge in [-0.1, -0.05) is 12.1 Å². The van der Waals surface area contributed by atoms with Gasteiger partial charge in [0.15, 0.2) is 0 Å². The Morgan fingerprint density at radius 2 is 1.91 bits per heavy atom. The molecule has 0 spiro atoms. The van der Waals surface area contributed by atoms with E-state index in [1.54, 1.807) is 0 Å². The van der Waals surface area contributed by atoms with Gasteiger partial charge in [-0.2, -0.15) is 0 Å². The molecule has 2 rings (SSSR count). The summed E-state index contributed by atoms with van der Waals surface area (Å²) in [4.78, 5) is 28.8. The van der Waals surface area contributed by atoms with E-state index in [1.165, 1.54) is 18.3 Å². The van der Waals surface area contributed by atoms with Gasteiger partial charge in [0.25, 0.3) is 5.91 Å². The molecule has 0 aliphatic heterocycles. The number of hydrogen-bond acceptors (Lipinski definition) is 4. The lowest BCUT2D eigenvalue weighted by atomic mass is 10.1. The Kier molecular flexibility index (Phi) is 4.85. The molecule has 1 aromatic carbocycles. The van der Waals surface area contributed by atoms with Crippen LogP contribution in [0.1, 0.15) is 43.1 Å². The molecule has 5 nitrogen and oxygen atoms in total. The number of carbonyl (C=O) groups is 2. The summed E-state index contributed by atoms with van der Waals surface area (Å²) in [7, 11) is 0. The summed E-state index contributed by atoms with van der Waals surface area (Å²) in [6, 6.07) is 7.44. The minimum atomic E-state index is -0.307. The molecule has 0 aliphatic carbocycles. The number of nitrogens with one attached hydrogen (secondary N) is 2. The number of amides is 2. The van der Waals surface area contributed by atoms with E-state index < -0.39 is 0 Å². The Hall–Kier alpha value is -2.21. The van der Waals surface area contributed by atoms with Crippen molar-refractivity contribution in [1.29, 1.82) is 0 Å². The van der Waals surface area contributed by atoms with Gasteiger partial charge >= 0.3 is 0 Å². The monoisotopic (exact) mass is 331 g/mol. The third-order valence-corrected chi connectivity index (χ3v) is 3.95. The standard InChI is InChI=1S/C17H21N3O2S/c1-10-14(15(22)20-17(3,4)5)19-16(23-10)12-7-6-8-13(9-12)18-11(2)21/h6-9H,1-5H3,(H,18,21)(H,20,22). The van der Waals surface area contributed by atoms with Gasteiger partial charge in [0, 0.05) is 28.6 Å². The number of carbonyl (C=O) groups excluding carboxylic acids is 2. The second-order valence-electron chi connectivity index (χ2n) is 6.39. The molecule has 1 aromatic heterocycles. The molecule has 0 aliphatic rings. The van der Waals surface area contributed by atoms with Gasteiger partial charge in [-0.3, -0.25) is 9.59 Å².